The normalized spacial score (nSPS) is 13.8. The van der Waals surface area contributed by atoms with Crippen LogP contribution in [-0.2, 0) is 9.59 Å². The number of hydrogen-bond donors (Lipinski definition) is 5. The zero-order chi connectivity index (χ0) is 21.5. The molecule has 1 aliphatic rings. The molecule has 1 aromatic carbocycles. The van der Waals surface area contributed by atoms with E-state index in [-0.39, 0.29) is 0 Å². The summed E-state index contributed by atoms with van der Waals surface area (Å²) in [6, 6.07) is 10.3. The predicted octanol–water partition coefficient (Wildman–Crippen LogP) is 1.33. The molecule has 0 saturated carbocycles. The van der Waals surface area contributed by atoms with Gasteiger partial charge in [0.15, 0.2) is 0 Å². The number of aromatic amines is 1. The number of H-pyrrole nitrogens is 1. The highest BCUT2D eigenvalue weighted by atomic mass is 16.4. The zero-order valence-corrected chi connectivity index (χ0v) is 16.1. The number of aromatic nitrogens is 3. The molecule has 3 heterocycles. The van der Waals surface area contributed by atoms with Gasteiger partial charge in [0.1, 0.15) is 5.82 Å². The Morgan fingerprint density at radius 2 is 1.77 bits per heavy atom. The van der Waals surface area contributed by atoms with Crippen LogP contribution in [0.15, 0.2) is 48.7 Å². The second kappa shape index (κ2) is 9.52. The number of nitrogens with one attached hydrogen (secondary N) is 2. The second-order valence-corrected chi connectivity index (χ2v) is 6.47. The van der Waals surface area contributed by atoms with Gasteiger partial charge in [-0.3, -0.25) is 0 Å². The summed E-state index contributed by atoms with van der Waals surface area (Å²) in [5.74, 6) is -1.26. The van der Waals surface area contributed by atoms with Gasteiger partial charge in [-0.15, -0.1) is 0 Å². The smallest absolute Gasteiger partial charge is 0.328 e. The largest absolute Gasteiger partial charge is 0.478 e. The van der Waals surface area contributed by atoms with Crippen LogP contribution in [0.3, 0.4) is 0 Å². The van der Waals surface area contributed by atoms with Gasteiger partial charge in [-0.05, 0) is 24.3 Å². The molecule has 0 bridgehead atoms. The minimum absolute atomic E-state index is 0.324. The third kappa shape index (κ3) is 5.32. The van der Waals surface area contributed by atoms with Crippen LogP contribution in [-0.4, -0.2) is 63.3 Å². The summed E-state index contributed by atoms with van der Waals surface area (Å²) in [7, 11) is 0. The molecular formula is C20H22N6O4. The van der Waals surface area contributed by atoms with E-state index < -0.39 is 11.9 Å². The topological polar surface area (TPSA) is 157 Å². The molecule has 2 aromatic heterocycles. The Morgan fingerprint density at radius 1 is 1.07 bits per heavy atom. The summed E-state index contributed by atoms with van der Waals surface area (Å²) in [5.41, 5.74) is 8.98. The van der Waals surface area contributed by atoms with E-state index in [0.29, 0.717) is 18.1 Å². The molecule has 1 saturated heterocycles. The maximum atomic E-state index is 9.55. The summed E-state index contributed by atoms with van der Waals surface area (Å²) in [6.45, 7) is 3.80. The lowest BCUT2D eigenvalue weighted by Crippen LogP contribution is -2.44. The standard InChI is InChI=1S/C16H18N6.C4H4O4/c17-16-20-14-10-11(13-2-1-5-19-13)3-4-12(14)15(21-16)22-8-6-18-7-9-22;5-3(6)1-2-4(7)8/h1-5,10,18-19H,6-9H2,(H2,17,20,21);1-2H,(H,5,6)(H,7,8). The number of piperazine rings is 1. The number of nitrogens with zero attached hydrogens (tertiary/aromatic N) is 3. The third-order valence-electron chi connectivity index (χ3n) is 4.39. The van der Waals surface area contributed by atoms with E-state index in [1.54, 1.807) is 0 Å². The minimum Gasteiger partial charge on any atom is -0.478 e. The van der Waals surface area contributed by atoms with Crippen molar-refractivity contribution in [1.29, 1.82) is 0 Å². The Kier molecular flexibility index (Phi) is 6.60. The number of carbonyl (C=O) groups is 2. The maximum absolute atomic E-state index is 9.55. The van der Waals surface area contributed by atoms with Crippen LogP contribution >= 0.6 is 0 Å². The SMILES string of the molecule is Nc1nc(N2CCNCC2)c2ccc(-c3ccc[nH]3)cc2n1.O=C(O)C=CC(=O)O. The number of hydrogen-bond acceptors (Lipinski definition) is 7. The highest BCUT2D eigenvalue weighted by Gasteiger charge is 2.16. The fraction of sp³-hybridized carbons (Fsp3) is 0.200. The molecule has 30 heavy (non-hydrogen) atoms. The van der Waals surface area contributed by atoms with E-state index in [4.69, 9.17) is 15.9 Å². The molecular weight excluding hydrogens is 388 g/mol. The molecule has 10 nitrogen and oxygen atoms in total. The fourth-order valence-electron chi connectivity index (χ4n) is 3.07. The summed E-state index contributed by atoms with van der Waals surface area (Å²) in [6.07, 6.45) is 3.03. The second-order valence-electron chi connectivity index (χ2n) is 6.47. The molecule has 10 heteroatoms. The van der Waals surface area contributed by atoms with Crippen LogP contribution in [0, 0.1) is 0 Å². The molecule has 4 rings (SSSR count). The van der Waals surface area contributed by atoms with Crippen molar-refractivity contribution >= 4 is 34.6 Å². The first-order valence-corrected chi connectivity index (χ1v) is 9.24. The van der Waals surface area contributed by atoms with E-state index in [0.717, 1.165) is 54.2 Å². The summed E-state index contributed by atoms with van der Waals surface area (Å²) in [5, 5.41) is 20.0. The Bertz CT molecular complexity index is 1040. The fourth-order valence-corrected chi connectivity index (χ4v) is 3.07. The van der Waals surface area contributed by atoms with Crippen molar-refractivity contribution in [3.8, 4) is 11.3 Å². The number of benzene rings is 1. The number of carboxylic acid groups (broad SMARTS) is 2. The molecule has 0 atom stereocenters. The Labute approximate surface area is 172 Å². The third-order valence-corrected chi connectivity index (χ3v) is 4.39. The molecule has 3 aromatic rings. The lowest BCUT2D eigenvalue weighted by Gasteiger charge is -2.29. The van der Waals surface area contributed by atoms with Gasteiger partial charge in [0.05, 0.1) is 5.52 Å². The molecule has 0 amide bonds. The highest BCUT2D eigenvalue weighted by molar-refractivity contribution is 5.93. The van der Waals surface area contributed by atoms with Gasteiger partial charge in [-0.2, -0.15) is 4.98 Å². The van der Waals surface area contributed by atoms with E-state index in [9.17, 15) is 9.59 Å². The van der Waals surface area contributed by atoms with Crippen LogP contribution in [0.5, 0.6) is 0 Å². The maximum Gasteiger partial charge on any atom is 0.328 e. The number of anilines is 2. The van der Waals surface area contributed by atoms with Crippen molar-refractivity contribution in [2.24, 2.45) is 0 Å². The van der Waals surface area contributed by atoms with Crippen molar-refractivity contribution < 1.29 is 19.8 Å². The summed E-state index contributed by atoms with van der Waals surface area (Å²) in [4.78, 5) is 33.5. The monoisotopic (exact) mass is 410 g/mol. The molecule has 0 unspecified atom stereocenters. The molecule has 0 radical (unpaired) electrons. The average molecular weight is 410 g/mol. The molecule has 1 fully saturated rings. The molecule has 0 aliphatic carbocycles. The summed E-state index contributed by atoms with van der Waals surface area (Å²) < 4.78 is 0. The van der Waals surface area contributed by atoms with Gasteiger partial charge in [-0.25, -0.2) is 14.6 Å². The van der Waals surface area contributed by atoms with Crippen LogP contribution < -0.4 is 16.0 Å². The molecule has 0 spiro atoms. The first-order chi connectivity index (χ1) is 14.4. The Balaban J connectivity index is 0.000000275. The van der Waals surface area contributed by atoms with Crippen molar-refractivity contribution in [2.45, 2.75) is 0 Å². The molecule has 1 aliphatic heterocycles. The predicted molar refractivity (Wildman–Crippen MR) is 113 cm³/mol. The number of carboxylic acids is 2. The van der Waals surface area contributed by atoms with Gasteiger partial charge < -0.3 is 31.1 Å². The molecule has 156 valence electrons. The van der Waals surface area contributed by atoms with Crippen molar-refractivity contribution in [3.63, 3.8) is 0 Å². The van der Waals surface area contributed by atoms with E-state index >= 15 is 0 Å². The van der Waals surface area contributed by atoms with E-state index in [1.165, 1.54) is 0 Å². The zero-order valence-electron chi connectivity index (χ0n) is 16.1. The number of rotatable bonds is 4. The lowest BCUT2D eigenvalue weighted by molar-refractivity contribution is -0.134. The van der Waals surface area contributed by atoms with Gasteiger partial charge in [0.2, 0.25) is 5.95 Å². The highest BCUT2D eigenvalue weighted by Crippen LogP contribution is 2.28. The number of nitrogen functional groups attached to an aromatic ring is 1. The average Bonchev–Trinajstić information content (AvgIpc) is 3.27. The molecule has 6 N–H and O–H groups in total. The van der Waals surface area contributed by atoms with Crippen LogP contribution in [0.1, 0.15) is 0 Å². The van der Waals surface area contributed by atoms with Crippen LogP contribution in [0.2, 0.25) is 0 Å². The minimum atomic E-state index is -1.26. The summed E-state index contributed by atoms with van der Waals surface area (Å²) >= 11 is 0. The number of aliphatic carboxylic acids is 2. The van der Waals surface area contributed by atoms with E-state index in [2.05, 4.69) is 43.4 Å². The Hall–Kier alpha value is -3.92. The number of fused-ring (bicyclic) bond motifs is 1. The van der Waals surface area contributed by atoms with Gasteiger partial charge in [0.25, 0.3) is 0 Å². The lowest BCUT2D eigenvalue weighted by atomic mass is 10.1. The quantitative estimate of drug-likeness (QED) is 0.400. The van der Waals surface area contributed by atoms with Gasteiger partial charge in [-0.1, -0.05) is 6.07 Å². The van der Waals surface area contributed by atoms with Crippen molar-refractivity contribution in [2.75, 3.05) is 36.8 Å². The van der Waals surface area contributed by atoms with Crippen LogP contribution in [0.4, 0.5) is 11.8 Å². The van der Waals surface area contributed by atoms with E-state index in [1.807, 2.05) is 18.3 Å². The van der Waals surface area contributed by atoms with Crippen molar-refractivity contribution in [1.82, 2.24) is 20.3 Å². The first-order valence-electron chi connectivity index (χ1n) is 9.24. The number of nitrogens with two attached hydrogens (primary N) is 1. The first kappa shape index (κ1) is 20.8. The van der Waals surface area contributed by atoms with Crippen molar-refractivity contribution in [3.05, 3.63) is 48.7 Å². The van der Waals surface area contributed by atoms with Gasteiger partial charge in [0, 0.05) is 61.2 Å². The van der Waals surface area contributed by atoms with Gasteiger partial charge >= 0.3 is 11.9 Å². The van der Waals surface area contributed by atoms with Crippen LogP contribution in [0.25, 0.3) is 22.2 Å². The Morgan fingerprint density at radius 3 is 2.37 bits per heavy atom.